The van der Waals surface area contributed by atoms with Crippen LogP contribution >= 0.6 is 11.3 Å². The highest BCUT2D eigenvalue weighted by atomic mass is 32.1. The fourth-order valence-corrected chi connectivity index (χ4v) is 4.38. The van der Waals surface area contributed by atoms with Gasteiger partial charge in [0.1, 0.15) is 17.2 Å². The summed E-state index contributed by atoms with van der Waals surface area (Å²) in [5.41, 5.74) is 3.90. The number of nitrogens with zero attached hydrogens (tertiary/aromatic N) is 3. The lowest BCUT2D eigenvalue weighted by molar-refractivity contribution is -0.116. The van der Waals surface area contributed by atoms with Gasteiger partial charge in [-0.15, -0.1) is 11.3 Å². The molecule has 0 fully saturated rings. The first-order valence-electron chi connectivity index (χ1n) is 9.93. The van der Waals surface area contributed by atoms with Crippen molar-refractivity contribution < 1.29 is 9.21 Å². The van der Waals surface area contributed by atoms with Crippen molar-refractivity contribution in [3.05, 3.63) is 89.2 Å². The van der Waals surface area contributed by atoms with Crippen LogP contribution in [0.3, 0.4) is 0 Å². The van der Waals surface area contributed by atoms with Gasteiger partial charge in [0.05, 0.1) is 22.8 Å². The fraction of sp³-hybridized carbons (Fsp3) is 0.0833. The minimum atomic E-state index is -0.331. The average Bonchev–Trinajstić information content (AvgIpc) is 3.45. The van der Waals surface area contributed by atoms with Crippen molar-refractivity contribution in [1.82, 2.24) is 14.5 Å². The molecule has 0 bridgehead atoms. The summed E-state index contributed by atoms with van der Waals surface area (Å²) < 4.78 is 7.64. The highest BCUT2D eigenvalue weighted by molar-refractivity contribution is 7.21. The lowest BCUT2D eigenvalue weighted by Crippen LogP contribution is -2.27. The van der Waals surface area contributed by atoms with E-state index in [1.807, 2.05) is 30.3 Å². The second-order valence-electron chi connectivity index (χ2n) is 7.33. The number of nitrogens with one attached hydrogen (secondary N) is 1. The number of rotatable bonds is 5. The van der Waals surface area contributed by atoms with Crippen LogP contribution in [0.15, 0.2) is 82.5 Å². The average molecular weight is 443 g/mol. The number of aryl methyl sites for hydroxylation is 1. The fourth-order valence-electron chi connectivity index (χ4n) is 3.31. The predicted octanol–water partition coefficient (Wildman–Crippen LogP) is 4.73. The summed E-state index contributed by atoms with van der Waals surface area (Å²) >= 11 is 1.64. The number of benzene rings is 2. The number of furan rings is 1. The molecule has 0 aliphatic carbocycles. The van der Waals surface area contributed by atoms with E-state index < -0.39 is 0 Å². The molecule has 0 saturated heterocycles. The molecule has 0 saturated carbocycles. The van der Waals surface area contributed by atoms with Gasteiger partial charge in [-0.3, -0.25) is 14.2 Å². The molecule has 0 aliphatic rings. The van der Waals surface area contributed by atoms with Crippen LogP contribution in [0.1, 0.15) is 5.56 Å². The number of anilines is 1. The summed E-state index contributed by atoms with van der Waals surface area (Å²) in [5.74, 6) is 0.185. The Balaban J connectivity index is 1.27. The van der Waals surface area contributed by atoms with Crippen molar-refractivity contribution in [1.29, 1.82) is 0 Å². The van der Waals surface area contributed by atoms with E-state index in [2.05, 4.69) is 34.3 Å². The Labute approximate surface area is 187 Å². The molecule has 7 nitrogen and oxygen atoms in total. The zero-order chi connectivity index (χ0) is 22.1. The van der Waals surface area contributed by atoms with E-state index in [-0.39, 0.29) is 18.0 Å². The molecular formula is C24H18N4O3S. The quantitative estimate of drug-likeness (QED) is 0.425. The van der Waals surface area contributed by atoms with Crippen LogP contribution in [-0.4, -0.2) is 20.4 Å². The Morgan fingerprint density at radius 1 is 1.12 bits per heavy atom. The standard InChI is InChI=1S/C24H18N4O3S/c1-15-4-9-18-21(11-15)32-24(27-18)16-5-7-17(8-6-16)26-22(29)13-28-14-25-19(12-23(28)30)20-3-2-10-31-20/h2-12,14H,13H2,1H3,(H,26,29). The lowest BCUT2D eigenvalue weighted by Gasteiger charge is -2.08. The second kappa shape index (κ2) is 8.24. The van der Waals surface area contributed by atoms with Crippen molar-refractivity contribution in [2.24, 2.45) is 0 Å². The highest BCUT2D eigenvalue weighted by Gasteiger charge is 2.10. The van der Waals surface area contributed by atoms with Gasteiger partial charge in [0, 0.05) is 17.3 Å². The first-order chi connectivity index (χ1) is 15.5. The first kappa shape index (κ1) is 19.9. The maximum Gasteiger partial charge on any atom is 0.254 e. The van der Waals surface area contributed by atoms with Crippen LogP contribution in [0, 0.1) is 6.92 Å². The van der Waals surface area contributed by atoms with Gasteiger partial charge in [-0.2, -0.15) is 0 Å². The molecule has 2 aromatic carbocycles. The Morgan fingerprint density at radius 2 is 1.97 bits per heavy atom. The number of aromatic nitrogens is 3. The predicted molar refractivity (Wildman–Crippen MR) is 125 cm³/mol. The Hall–Kier alpha value is -4.04. The third-order valence-corrected chi connectivity index (χ3v) is 5.99. The molecule has 0 spiro atoms. The van der Waals surface area contributed by atoms with Crippen molar-refractivity contribution in [3.8, 4) is 22.0 Å². The van der Waals surface area contributed by atoms with Crippen LogP contribution in [0.4, 0.5) is 5.69 Å². The molecule has 1 N–H and O–H groups in total. The van der Waals surface area contributed by atoms with Crippen LogP contribution in [0.5, 0.6) is 0 Å². The second-order valence-corrected chi connectivity index (χ2v) is 8.36. The topological polar surface area (TPSA) is 90.0 Å². The summed E-state index contributed by atoms with van der Waals surface area (Å²) in [5, 5.41) is 3.74. The molecule has 3 heterocycles. The number of hydrogen-bond donors (Lipinski definition) is 1. The smallest absolute Gasteiger partial charge is 0.254 e. The van der Waals surface area contributed by atoms with Gasteiger partial charge in [-0.1, -0.05) is 6.07 Å². The SMILES string of the molecule is Cc1ccc2nc(-c3ccc(NC(=O)Cn4cnc(-c5ccco5)cc4=O)cc3)sc2c1. The van der Waals surface area contributed by atoms with E-state index in [9.17, 15) is 9.59 Å². The van der Waals surface area contributed by atoms with Crippen molar-refractivity contribution in [2.45, 2.75) is 13.5 Å². The molecule has 5 rings (SSSR count). The van der Waals surface area contributed by atoms with Crippen molar-refractivity contribution in [3.63, 3.8) is 0 Å². The maximum absolute atomic E-state index is 12.4. The van der Waals surface area contributed by atoms with Crippen LogP contribution < -0.4 is 10.9 Å². The van der Waals surface area contributed by atoms with Gasteiger partial charge in [-0.05, 0) is 61.0 Å². The third kappa shape index (κ3) is 4.08. The van der Waals surface area contributed by atoms with Crippen LogP contribution in [0.2, 0.25) is 0 Å². The summed E-state index contributed by atoms with van der Waals surface area (Å²) in [7, 11) is 0. The minimum Gasteiger partial charge on any atom is -0.463 e. The molecular weight excluding hydrogens is 424 g/mol. The first-order valence-corrected chi connectivity index (χ1v) is 10.7. The van der Waals surface area contributed by atoms with Gasteiger partial charge in [-0.25, -0.2) is 9.97 Å². The summed E-state index contributed by atoms with van der Waals surface area (Å²) in [6, 6.07) is 18.5. The van der Waals surface area contributed by atoms with E-state index in [1.54, 1.807) is 23.5 Å². The van der Waals surface area contributed by atoms with E-state index in [1.165, 1.54) is 28.8 Å². The van der Waals surface area contributed by atoms with Gasteiger partial charge in [0.25, 0.3) is 5.56 Å². The Kier molecular flexibility index (Phi) is 5.12. The summed E-state index contributed by atoms with van der Waals surface area (Å²) in [6.07, 6.45) is 2.86. The van der Waals surface area contributed by atoms with Gasteiger partial charge in [0.2, 0.25) is 5.91 Å². The summed E-state index contributed by atoms with van der Waals surface area (Å²) in [4.78, 5) is 33.6. The largest absolute Gasteiger partial charge is 0.463 e. The Bertz CT molecular complexity index is 1470. The number of amides is 1. The van der Waals surface area contributed by atoms with Crippen LogP contribution in [0.25, 0.3) is 32.2 Å². The van der Waals surface area contributed by atoms with E-state index in [0.717, 1.165) is 20.8 Å². The molecule has 0 radical (unpaired) electrons. The van der Waals surface area contributed by atoms with Gasteiger partial charge >= 0.3 is 0 Å². The molecule has 5 aromatic rings. The van der Waals surface area contributed by atoms with E-state index in [4.69, 9.17) is 4.42 Å². The number of carbonyl (C=O) groups excluding carboxylic acids is 1. The molecule has 32 heavy (non-hydrogen) atoms. The van der Waals surface area contributed by atoms with Crippen molar-refractivity contribution >= 4 is 33.1 Å². The lowest BCUT2D eigenvalue weighted by atomic mass is 10.2. The highest BCUT2D eigenvalue weighted by Crippen LogP contribution is 2.31. The molecule has 0 unspecified atom stereocenters. The number of carbonyl (C=O) groups is 1. The molecule has 1 amide bonds. The maximum atomic E-state index is 12.4. The minimum absolute atomic E-state index is 0.136. The number of hydrogen-bond acceptors (Lipinski definition) is 6. The molecule has 8 heteroatoms. The molecule has 0 atom stereocenters. The van der Waals surface area contributed by atoms with Gasteiger partial charge < -0.3 is 9.73 Å². The van der Waals surface area contributed by atoms with Crippen molar-refractivity contribution in [2.75, 3.05) is 5.32 Å². The summed E-state index contributed by atoms with van der Waals surface area (Å²) in [6.45, 7) is 1.93. The number of thiazole rings is 1. The van der Waals surface area contributed by atoms with E-state index in [0.29, 0.717) is 17.1 Å². The van der Waals surface area contributed by atoms with Crippen LogP contribution in [-0.2, 0) is 11.3 Å². The molecule has 158 valence electrons. The monoisotopic (exact) mass is 442 g/mol. The normalized spacial score (nSPS) is 11.0. The Morgan fingerprint density at radius 3 is 2.72 bits per heavy atom. The molecule has 0 aliphatic heterocycles. The third-order valence-electron chi connectivity index (χ3n) is 4.93. The van der Waals surface area contributed by atoms with Gasteiger partial charge in [0.15, 0.2) is 5.76 Å². The molecule has 3 aromatic heterocycles. The zero-order valence-corrected chi connectivity index (χ0v) is 17.9. The zero-order valence-electron chi connectivity index (χ0n) is 17.1. The van der Waals surface area contributed by atoms with E-state index >= 15 is 0 Å². The number of fused-ring (bicyclic) bond motifs is 1.